The first-order chi connectivity index (χ1) is 7.65. The fourth-order valence-electron chi connectivity index (χ4n) is 1.14. The van der Waals surface area contributed by atoms with E-state index in [1.54, 1.807) is 17.8 Å². The highest BCUT2D eigenvalue weighted by Crippen LogP contribution is 2.25. The predicted octanol–water partition coefficient (Wildman–Crippen LogP) is 3.17. The molecule has 0 amide bonds. The summed E-state index contributed by atoms with van der Waals surface area (Å²) in [6, 6.07) is 4.47. The highest BCUT2D eigenvalue weighted by atomic mass is 35.5. The molecule has 0 aliphatic heterocycles. The van der Waals surface area contributed by atoms with Crippen molar-refractivity contribution in [1.29, 1.82) is 0 Å². The molecule has 5 heteroatoms. The van der Waals surface area contributed by atoms with E-state index in [9.17, 15) is 4.79 Å². The minimum absolute atomic E-state index is 0.168. The molecule has 0 aliphatic carbocycles. The van der Waals surface area contributed by atoms with Crippen molar-refractivity contribution in [3.63, 3.8) is 0 Å². The SMILES string of the molecule is CSCCCOc1ccc(C(=O)O)cc1Cl. The predicted molar refractivity (Wildman–Crippen MR) is 66.9 cm³/mol. The van der Waals surface area contributed by atoms with Crippen LogP contribution in [-0.4, -0.2) is 29.7 Å². The highest BCUT2D eigenvalue weighted by molar-refractivity contribution is 7.98. The smallest absolute Gasteiger partial charge is 0.335 e. The summed E-state index contributed by atoms with van der Waals surface area (Å²) in [5.74, 6) is 0.578. The van der Waals surface area contributed by atoms with E-state index in [0.717, 1.165) is 12.2 Å². The summed E-state index contributed by atoms with van der Waals surface area (Å²) in [6.07, 6.45) is 2.98. The largest absolute Gasteiger partial charge is 0.492 e. The molecule has 1 aromatic carbocycles. The van der Waals surface area contributed by atoms with Crippen LogP contribution < -0.4 is 4.74 Å². The maximum absolute atomic E-state index is 10.7. The minimum atomic E-state index is -0.990. The van der Waals surface area contributed by atoms with Crippen molar-refractivity contribution in [3.05, 3.63) is 28.8 Å². The molecule has 0 atom stereocenters. The molecule has 1 N–H and O–H groups in total. The summed E-state index contributed by atoms with van der Waals surface area (Å²) in [4.78, 5) is 10.7. The van der Waals surface area contributed by atoms with Gasteiger partial charge >= 0.3 is 5.97 Å². The Balaban J connectivity index is 2.57. The summed E-state index contributed by atoms with van der Waals surface area (Å²) in [5, 5.41) is 9.08. The third kappa shape index (κ3) is 3.94. The van der Waals surface area contributed by atoms with Gasteiger partial charge < -0.3 is 9.84 Å². The summed E-state index contributed by atoms with van der Waals surface area (Å²) in [6.45, 7) is 0.590. The molecule has 1 rings (SSSR count). The maximum Gasteiger partial charge on any atom is 0.335 e. The van der Waals surface area contributed by atoms with Crippen molar-refractivity contribution in [2.45, 2.75) is 6.42 Å². The number of carbonyl (C=O) groups is 1. The number of aromatic carboxylic acids is 1. The van der Waals surface area contributed by atoms with Crippen LogP contribution in [-0.2, 0) is 0 Å². The average molecular weight is 261 g/mol. The van der Waals surface area contributed by atoms with Crippen LogP contribution in [0.5, 0.6) is 5.75 Å². The molecule has 0 heterocycles. The molecule has 0 aromatic heterocycles. The molecule has 0 spiro atoms. The van der Waals surface area contributed by atoms with Crippen LogP contribution in [0.15, 0.2) is 18.2 Å². The first-order valence-corrected chi connectivity index (χ1v) is 6.57. The number of rotatable bonds is 6. The van der Waals surface area contributed by atoms with Gasteiger partial charge in [-0.3, -0.25) is 0 Å². The average Bonchev–Trinajstić information content (AvgIpc) is 2.26. The van der Waals surface area contributed by atoms with E-state index in [1.807, 2.05) is 6.26 Å². The minimum Gasteiger partial charge on any atom is -0.492 e. The van der Waals surface area contributed by atoms with Gasteiger partial charge in [0.15, 0.2) is 0 Å². The molecular formula is C11H13ClO3S. The summed E-state index contributed by atoms with van der Waals surface area (Å²) >= 11 is 7.65. The Bertz CT molecular complexity index is 368. The van der Waals surface area contributed by atoms with Crippen LogP contribution in [0.25, 0.3) is 0 Å². The van der Waals surface area contributed by atoms with Gasteiger partial charge in [-0.25, -0.2) is 4.79 Å². The number of benzene rings is 1. The maximum atomic E-state index is 10.7. The van der Waals surface area contributed by atoms with Crippen molar-refractivity contribution < 1.29 is 14.6 Å². The first kappa shape index (κ1) is 13.2. The van der Waals surface area contributed by atoms with Gasteiger partial charge in [-0.05, 0) is 36.6 Å². The second-order valence-corrected chi connectivity index (χ2v) is 4.54. The van der Waals surface area contributed by atoms with Crippen LogP contribution in [0.4, 0.5) is 0 Å². The van der Waals surface area contributed by atoms with E-state index >= 15 is 0 Å². The molecule has 16 heavy (non-hydrogen) atoms. The number of hydrogen-bond acceptors (Lipinski definition) is 3. The zero-order valence-electron chi connectivity index (χ0n) is 8.90. The number of carboxylic acid groups (broad SMARTS) is 1. The van der Waals surface area contributed by atoms with Gasteiger partial charge in [0.2, 0.25) is 0 Å². The Labute approximate surface area is 104 Å². The van der Waals surface area contributed by atoms with Gasteiger partial charge in [0.1, 0.15) is 5.75 Å². The van der Waals surface area contributed by atoms with Crippen molar-refractivity contribution in [2.24, 2.45) is 0 Å². The molecule has 0 radical (unpaired) electrons. The number of halogens is 1. The van der Waals surface area contributed by atoms with E-state index < -0.39 is 5.97 Å². The Morgan fingerprint density at radius 2 is 2.31 bits per heavy atom. The van der Waals surface area contributed by atoms with Crippen LogP contribution in [0.3, 0.4) is 0 Å². The topological polar surface area (TPSA) is 46.5 Å². The number of carboxylic acids is 1. The summed E-state index contributed by atoms with van der Waals surface area (Å²) < 4.78 is 5.44. The van der Waals surface area contributed by atoms with Crippen molar-refractivity contribution in [3.8, 4) is 5.75 Å². The Morgan fingerprint density at radius 1 is 1.56 bits per heavy atom. The molecule has 0 aliphatic rings. The van der Waals surface area contributed by atoms with E-state index in [-0.39, 0.29) is 5.56 Å². The Kier molecular flexibility index (Phi) is 5.49. The molecule has 0 saturated carbocycles. The molecule has 0 fully saturated rings. The van der Waals surface area contributed by atoms with E-state index in [0.29, 0.717) is 17.4 Å². The standard InChI is InChI=1S/C11H13ClO3S/c1-16-6-2-5-15-10-4-3-8(11(13)14)7-9(10)12/h3-4,7H,2,5-6H2,1H3,(H,13,14). The third-order valence-electron chi connectivity index (χ3n) is 1.93. The first-order valence-electron chi connectivity index (χ1n) is 4.79. The molecular weight excluding hydrogens is 248 g/mol. The molecule has 88 valence electrons. The lowest BCUT2D eigenvalue weighted by molar-refractivity contribution is 0.0697. The Hall–Kier alpha value is -0.870. The Morgan fingerprint density at radius 3 is 2.88 bits per heavy atom. The van der Waals surface area contributed by atoms with Gasteiger partial charge in [-0.15, -0.1) is 0 Å². The van der Waals surface area contributed by atoms with Crippen molar-refractivity contribution in [2.75, 3.05) is 18.6 Å². The third-order valence-corrected chi connectivity index (χ3v) is 2.92. The zero-order valence-corrected chi connectivity index (χ0v) is 10.5. The summed E-state index contributed by atoms with van der Waals surface area (Å²) in [7, 11) is 0. The lowest BCUT2D eigenvalue weighted by Crippen LogP contribution is -2.01. The molecule has 0 unspecified atom stereocenters. The fourth-order valence-corrected chi connectivity index (χ4v) is 1.78. The molecule has 0 bridgehead atoms. The van der Waals surface area contributed by atoms with Crippen LogP contribution in [0.2, 0.25) is 5.02 Å². The van der Waals surface area contributed by atoms with E-state index in [1.165, 1.54) is 12.1 Å². The normalized spacial score (nSPS) is 10.1. The quantitative estimate of drug-likeness (QED) is 0.798. The summed E-state index contributed by atoms with van der Waals surface area (Å²) in [5.41, 5.74) is 0.168. The van der Waals surface area contributed by atoms with Gasteiger partial charge in [0.25, 0.3) is 0 Å². The zero-order chi connectivity index (χ0) is 12.0. The lowest BCUT2D eigenvalue weighted by Gasteiger charge is -2.07. The lowest BCUT2D eigenvalue weighted by atomic mass is 10.2. The van der Waals surface area contributed by atoms with Gasteiger partial charge in [0, 0.05) is 0 Å². The monoisotopic (exact) mass is 260 g/mol. The number of ether oxygens (including phenoxy) is 1. The molecule has 0 saturated heterocycles. The van der Waals surface area contributed by atoms with Crippen LogP contribution >= 0.6 is 23.4 Å². The molecule has 3 nitrogen and oxygen atoms in total. The molecule has 1 aromatic rings. The van der Waals surface area contributed by atoms with Crippen molar-refractivity contribution >= 4 is 29.3 Å². The van der Waals surface area contributed by atoms with Crippen LogP contribution in [0, 0.1) is 0 Å². The van der Waals surface area contributed by atoms with Crippen molar-refractivity contribution in [1.82, 2.24) is 0 Å². The highest BCUT2D eigenvalue weighted by Gasteiger charge is 2.07. The van der Waals surface area contributed by atoms with E-state index in [4.69, 9.17) is 21.4 Å². The number of hydrogen-bond donors (Lipinski definition) is 1. The fraction of sp³-hybridized carbons (Fsp3) is 0.364. The van der Waals surface area contributed by atoms with Gasteiger partial charge in [-0.1, -0.05) is 11.6 Å². The van der Waals surface area contributed by atoms with E-state index in [2.05, 4.69) is 0 Å². The second kappa shape index (κ2) is 6.66. The number of thioether (sulfide) groups is 1. The van der Waals surface area contributed by atoms with Gasteiger partial charge in [0.05, 0.1) is 17.2 Å². The van der Waals surface area contributed by atoms with Crippen LogP contribution in [0.1, 0.15) is 16.8 Å². The van der Waals surface area contributed by atoms with Gasteiger partial charge in [-0.2, -0.15) is 11.8 Å². The second-order valence-electron chi connectivity index (χ2n) is 3.15.